The number of H-pyrrole nitrogens is 1. The Balaban J connectivity index is 2.40. The highest BCUT2D eigenvalue weighted by Crippen LogP contribution is 2.31. The molecule has 2 rings (SSSR count). The van der Waals surface area contributed by atoms with Gasteiger partial charge in [0.2, 0.25) is 5.88 Å². The van der Waals surface area contributed by atoms with Crippen LogP contribution in [0, 0.1) is 0 Å². The lowest BCUT2D eigenvalue weighted by molar-refractivity contribution is -0.0529. The summed E-state index contributed by atoms with van der Waals surface area (Å²) in [5.41, 5.74) is -2.61. The molecule has 0 spiro atoms. The fourth-order valence-corrected chi connectivity index (χ4v) is 1.88. The molecule has 2 heterocycles. The van der Waals surface area contributed by atoms with Gasteiger partial charge in [-0.3, -0.25) is 9.78 Å². The summed E-state index contributed by atoms with van der Waals surface area (Å²) in [6.45, 7) is -0.504. The van der Waals surface area contributed by atoms with Crippen LogP contribution in [-0.4, -0.2) is 44.0 Å². The summed E-state index contributed by atoms with van der Waals surface area (Å²) in [6.07, 6.45) is 1.31. The number of hydrogen-bond donors (Lipinski definition) is 3. The van der Waals surface area contributed by atoms with Crippen LogP contribution in [0.15, 0.2) is 27.9 Å². The van der Waals surface area contributed by atoms with Crippen molar-refractivity contribution in [2.45, 2.75) is 11.7 Å². The minimum atomic E-state index is -1.37. The van der Waals surface area contributed by atoms with Crippen molar-refractivity contribution in [2.24, 2.45) is 0 Å². The molecule has 2 atom stereocenters. The van der Waals surface area contributed by atoms with Crippen molar-refractivity contribution in [3.05, 3.63) is 39.2 Å². The van der Waals surface area contributed by atoms with Crippen molar-refractivity contribution >= 4 is 17.5 Å². The van der Waals surface area contributed by atoms with Crippen LogP contribution in [0.5, 0.6) is 0 Å². The van der Waals surface area contributed by atoms with E-state index in [1.807, 2.05) is 4.98 Å². The van der Waals surface area contributed by atoms with E-state index >= 15 is 0 Å². The lowest BCUT2D eigenvalue weighted by atomic mass is 10.0. The zero-order valence-electron chi connectivity index (χ0n) is 9.17. The summed E-state index contributed by atoms with van der Waals surface area (Å²) in [7, 11) is 0. The number of aromatic amines is 1. The number of nitrogens with one attached hydrogen (secondary N) is 1. The Morgan fingerprint density at radius 1 is 1.56 bits per heavy atom. The van der Waals surface area contributed by atoms with Gasteiger partial charge < -0.3 is 14.9 Å². The van der Waals surface area contributed by atoms with Gasteiger partial charge in [0.05, 0.1) is 12.5 Å². The molecule has 0 saturated heterocycles. The standard InChI is InChI=1S/C10H11ClN2O5/c11-4-10(5-14)6(15)3-8(18-10)13-2-1-7(16)12-9(13)17/h1-3,6,14-15H,4-5H2,(H,12,16,17)/t6-,10+/m0/s1. The van der Waals surface area contributed by atoms with Gasteiger partial charge in [0.1, 0.15) is 6.10 Å². The Morgan fingerprint density at radius 2 is 2.28 bits per heavy atom. The largest absolute Gasteiger partial charge is 0.465 e. The van der Waals surface area contributed by atoms with Gasteiger partial charge in [-0.1, -0.05) is 0 Å². The summed E-state index contributed by atoms with van der Waals surface area (Å²) in [6, 6.07) is 1.14. The van der Waals surface area contributed by atoms with Gasteiger partial charge in [-0.15, -0.1) is 11.6 Å². The highest BCUT2D eigenvalue weighted by molar-refractivity contribution is 6.18. The fourth-order valence-electron chi connectivity index (χ4n) is 1.58. The quantitative estimate of drug-likeness (QED) is 0.594. The number of aliphatic hydroxyl groups excluding tert-OH is 2. The Hall–Kier alpha value is -1.57. The molecule has 98 valence electrons. The molecule has 0 aromatic carbocycles. The summed E-state index contributed by atoms with van der Waals surface area (Å²) in [4.78, 5) is 24.5. The molecular weight excluding hydrogens is 264 g/mol. The maximum absolute atomic E-state index is 11.5. The summed E-state index contributed by atoms with van der Waals surface area (Å²) in [5.74, 6) is -0.138. The van der Waals surface area contributed by atoms with E-state index in [-0.39, 0.29) is 11.8 Å². The molecule has 8 heteroatoms. The Bertz CT molecular complexity index is 586. The number of aromatic nitrogens is 2. The third kappa shape index (κ3) is 1.96. The third-order valence-corrected chi connectivity index (χ3v) is 3.15. The first-order valence-electron chi connectivity index (χ1n) is 5.10. The second-order valence-electron chi connectivity index (χ2n) is 3.89. The normalized spacial score (nSPS) is 26.8. The van der Waals surface area contributed by atoms with Crippen LogP contribution in [0.4, 0.5) is 0 Å². The average Bonchev–Trinajstić information content (AvgIpc) is 2.67. The third-order valence-electron chi connectivity index (χ3n) is 2.70. The van der Waals surface area contributed by atoms with Gasteiger partial charge in [0, 0.05) is 18.3 Å². The first kappa shape index (κ1) is 12.9. The van der Waals surface area contributed by atoms with E-state index in [2.05, 4.69) is 0 Å². The van der Waals surface area contributed by atoms with Crippen molar-refractivity contribution in [3.63, 3.8) is 0 Å². The molecule has 1 aromatic heterocycles. The lowest BCUT2D eigenvalue weighted by Crippen LogP contribution is -2.45. The number of alkyl halides is 1. The lowest BCUT2D eigenvalue weighted by Gasteiger charge is -2.28. The van der Waals surface area contributed by atoms with Gasteiger partial charge >= 0.3 is 5.69 Å². The molecule has 0 amide bonds. The Kier molecular flexibility index (Phi) is 3.29. The monoisotopic (exact) mass is 274 g/mol. The van der Waals surface area contributed by atoms with Gasteiger partial charge in [-0.2, -0.15) is 0 Å². The van der Waals surface area contributed by atoms with E-state index in [0.29, 0.717) is 0 Å². The van der Waals surface area contributed by atoms with E-state index in [9.17, 15) is 19.8 Å². The van der Waals surface area contributed by atoms with Crippen molar-refractivity contribution in [3.8, 4) is 0 Å². The highest BCUT2D eigenvalue weighted by atomic mass is 35.5. The number of rotatable bonds is 3. The number of nitrogens with zero attached hydrogens (tertiary/aromatic N) is 1. The van der Waals surface area contributed by atoms with Crippen LogP contribution >= 0.6 is 11.6 Å². The molecule has 0 unspecified atom stereocenters. The van der Waals surface area contributed by atoms with Crippen molar-refractivity contribution < 1.29 is 14.9 Å². The van der Waals surface area contributed by atoms with Crippen molar-refractivity contribution in [1.82, 2.24) is 9.55 Å². The zero-order chi connectivity index (χ0) is 13.3. The van der Waals surface area contributed by atoms with Crippen molar-refractivity contribution in [2.75, 3.05) is 12.5 Å². The maximum atomic E-state index is 11.5. The number of halogens is 1. The first-order valence-corrected chi connectivity index (χ1v) is 5.64. The molecule has 1 aliphatic rings. The zero-order valence-corrected chi connectivity index (χ0v) is 9.92. The molecule has 18 heavy (non-hydrogen) atoms. The summed E-state index contributed by atoms with van der Waals surface area (Å²) in [5, 5.41) is 19.0. The van der Waals surface area contributed by atoms with E-state index < -0.39 is 29.6 Å². The Labute approximate surface area is 106 Å². The molecule has 0 radical (unpaired) electrons. The minimum absolute atomic E-state index is 0.0125. The van der Waals surface area contributed by atoms with Crippen LogP contribution in [0.1, 0.15) is 0 Å². The minimum Gasteiger partial charge on any atom is -0.465 e. The van der Waals surface area contributed by atoms with E-state index in [1.54, 1.807) is 0 Å². The topological polar surface area (TPSA) is 105 Å². The van der Waals surface area contributed by atoms with Crippen LogP contribution in [0.25, 0.3) is 5.88 Å². The molecule has 0 fully saturated rings. The van der Waals surface area contributed by atoms with Crippen LogP contribution < -0.4 is 11.2 Å². The van der Waals surface area contributed by atoms with Gasteiger partial charge in [0.25, 0.3) is 5.56 Å². The molecule has 3 N–H and O–H groups in total. The predicted molar refractivity (Wildman–Crippen MR) is 63.2 cm³/mol. The molecule has 0 aliphatic carbocycles. The molecule has 1 aromatic rings. The van der Waals surface area contributed by atoms with Crippen molar-refractivity contribution in [1.29, 1.82) is 0 Å². The highest BCUT2D eigenvalue weighted by Gasteiger charge is 2.44. The first-order chi connectivity index (χ1) is 8.52. The fraction of sp³-hybridized carbons (Fsp3) is 0.400. The predicted octanol–water partition coefficient (Wildman–Crippen LogP) is -1.30. The van der Waals surface area contributed by atoms with E-state index in [0.717, 1.165) is 10.6 Å². The van der Waals surface area contributed by atoms with E-state index in [4.69, 9.17) is 16.3 Å². The number of aliphatic hydroxyl groups is 2. The number of hydrogen-bond acceptors (Lipinski definition) is 5. The second kappa shape index (κ2) is 4.60. The average molecular weight is 275 g/mol. The molecular formula is C10H11ClN2O5. The smallest absolute Gasteiger partial charge is 0.335 e. The van der Waals surface area contributed by atoms with Crippen LogP contribution in [-0.2, 0) is 4.74 Å². The second-order valence-corrected chi connectivity index (χ2v) is 4.16. The summed E-state index contributed by atoms with van der Waals surface area (Å²) >= 11 is 5.65. The van der Waals surface area contributed by atoms with Gasteiger partial charge in [-0.05, 0) is 0 Å². The molecule has 7 nitrogen and oxygen atoms in total. The SMILES string of the molecule is O=c1ccn(C2=C[C@H](O)[C@](CO)(CCl)O2)c(=O)[nH]1. The molecule has 1 aliphatic heterocycles. The number of ether oxygens (including phenoxy) is 1. The summed E-state index contributed by atoms with van der Waals surface area (Å²) < 4.78 is 6.34. The maximum Gasteiger partial charge on any atom is 0.335 e. The van der Waals surface area contributed by atoms with Crippen LogP contribution in [0.2, 0.25) is 0 Å². The van der Waals surface area contributed by atoms with Crippen LogP contribution in [0.3, 0.4) is 0 Å². The van der Waals surface area contributed by atoms with E-state index in [1.165, 1.54) is 12.3 Å². The molecule has 0 saturated carbocycles. The van der Waals surface area contributed by atoms with Gasteiger partial charge in [-0.25, -0.2) is 9.36 Å². The molecule has 0 bridgehead atoms. The van der Waals surface area contributed by atoms with Gasteiger partial charge in [0.15, 0.2) is 5.60 Å². The Morgan fingerprint density at radius 3 is 2.78 bits per heavy atom.